The summed E-state index contributed by atoms with van der Waals surface area (Å²) in [5.74, 6) is 1.12. The van der Waals surface area contributed by atoms with E-state index in [1.165, 1.54) is 6.07 Å². The summed E-state index contributed by atoms with van der Waals surface area (Å²) in [5.41, 5.74) is 0.986. The van der Waals surface area contributed by atoms with Crippen molar-refractivity contribution in [2.45, 2.75) is 6.42 Å². The van der Waals surface area contributed by atoms with E-state index in [1.54, 1.807) is 30.3 Å². The van der Waals surface area contributed by atoms with Crippen molar-refractivity contribution in [3.8, 4) is 17.1 Å². The van der Waals surface area contributed by atoms with Crippen molar-refractivity contribution in [3.05, 3.63) is 63.8 Å². The lowest BCUT2D eigenvalue weighted by Crippen LogP contribution is -2.07. The quantitative estimate of drug-likeness (QED) is 0.440. The minimum atomic E-state index is -0.142. The van der Waals surface area contributed by atoms with Gasteiger partial charge in [-0.05, 0) is 36.4 Å². The Labute approximate surface area is 155 Å². The van der Waals surface area contributed by atoms with Crippen LogP contribution in [0.25, 0.3) is 22.3 Å². The fraction of sp³-hybridized carbons (Fsp3) is 0.200. The summed E-state index contributed by atoms with van der Waals surface area (Å²) in [6.07, 6.45) is 1.20. The van der Waals surface area contributed by atoms with Gasteiger partial charge in [-0.15, -0.1) is 0 Å². The maximum Gasteiger partial charge on any atom is 0.193 e. The van der Waals surface area contributed by atoms with Crippen LogP contribution in [0.3, 0.4) is 0 Å². The van der Waals surface area contributed by atoms with E-state index < -0.39 is 0 Å². The summed E-state index contributed by atoms with van der Waals surface area (Å²) in [6.45, 7) is 1.20. The van der Waals surface area contributed by atoms with Crippen LogP contribution in [0.4, 0.5) is 0 Å². The molecule has 0 bridgehead atoms. The Balaban J connectivity index is 1.71. The highest BCUT2D eigenvalue weighted by Crippen LogP contribution is 2.27. The van der Waals surface area contributed by atoms with E-state index in [0.29, 0.717) is 53.7 Å². The SMILES string of the molecule is O=CCCOCCOc1ccc(-c2cc(=O)c3cccc(Cl)c3o2)cc1. The highest BCUT2D eigenvalue weighted by atomic mass is 35.5. The molecule has 1 aromatic heterocycles. The Bertz CT molecular complexity index is 947. The molecule has 2 aromatic carbocycles. The number of carbonyl (C=O) groups excluding carboxylic acids is 1. The molecule has 0 aliphatic rings. The second kappa shape index (κ2) is 8.65. The molecule has 134 valence electrons. The van der Waals surface area contributed by atoms with Crippen LogP contribution in [-0.2, 0) is 9.53 Å². The van der Waals surface area contributed by atoms with E-state index in [2.05, 4.69) is 0 Å². The van der Waals surface area contributed by atoms with E-state index >= 15 is 0 Å². The van der Waals surface area contributed by atoms with Crippen molar-refractivity contribution in [3.63, 3.8) is 0 Å². The molecule has 0 atom stereocenters. The zero-order chi connectivity index (χ0) is 18.4. The maximum atomic E-state index is 12.3. The van der Waals surface area contributed by atoms with E-state index in [0.717, 1.165) is 11.8 Å². The van der Waals surface area contributed by atoms with Crippen molar-refractivity contribution in [2.24, 2.45) is 0 Å². The highest BCUT2D eigenvalue weighted by molar-refractivity contribution is 6.34. The van der Waals surface area contributed by atoms with Crippen molar-refractivity contribution in [2.75, 3.05) is 19.8 Å². The normalized spacial score (nSPS) is 10.8. The fourth-order valence-electron chi connectivity index (χ4n) is 2.45. The number of carbonyl (C=O) groups is 1. The largest absolute Gasteiger partial charge is 0.491 e. The molecule has 0 aliphatic heterocycles. The Morgan fingerprint density at radius 3 is 2.62 bits per heavy atom. The first kappa shape index (κ1) is 18.2. The van der Waals surface area contributed by atoms with Crippen LogP contribution < -0.4 is 10.2 Å². The molecule has 26 heavy (non-hydrogen) atoms. The number of halogens is 1. The molecule has 0 fully saturated rings. The number of rotatable bonds is 8. The summed E-state index contributed by atoms with van der Waals surface area (Å²) < 4.78 is 16.6. The summed E-state index contributed by atoms with van der Waals surface area (Å²) in [4.78, 5) is 22.4. The molecule has 0 unspecified atom stereocenters. The monoisotopic (exact) mass is 372 g/mol. The lowest BCUT2D eigenvalue weighted by atomic mass is 10.1. The smallest absolute Gasteiger partial charge is 0.193 e. The summed E-state index contributed by atoms with van der Waals surface area (Å²) in [6, 6.07) is 13.7. The molecule has 0 spiro atoms. The predicted octanol–water partition coefficient (Wildman–Crippen LogP) is 4.10. The van der Waals surface area contributed by atoms with Gasteiger partial charge < -0.3 is 18.7 Å². The minimum Gasteiger partial charge on any atom is -0.491 e. The van der Waals surface area contributed by atoms with Crippen molar-refractivity contribution < 1.29 is 18.7 Å². The molecular formula is C20H17ClO5. The Morgan fingerprint density at radius 2 is 1.85 bits per heavy atom. The van der Waals surface area contributed by atoms with Crippen LogP contribution in [0, 0.1) is 0 Å². The van der Waals surface area contributed by atoms with Crippen LogP contribution in [0.15, 0.2) is 57.7 Å². The van der Waals surface area contributed by atoms with Gasteiger partial charge in [-0.3, -0.25) is 4.79 Å². The molecule has 1 heterocycles. The topological polar surface area (TPSA) is 65.7 Å². The minimum absolute atomic E-state index is 0.142. The van der Waals surface area contributed by atoms with Crippen LogP contribution in [0.1, 0.15) is 6.42 Å². The van der Waals surface area contributed by atoms with Gasteiger partial charge >= 0.3 is 0 Å². The highest BCUT2D eigenvalue weighted by Gasteiger charge is 2.09. The third-order valence-corrected chi connectivity index (χ3v) is 4.02. The number of benzene rings is 2. The molecule has 5 nitrogen and oxygen atoms in total. The number of para-hydroxylation sites is 1. The van der Waals surface area contributed by atoms with Crippen molar-refractivity contribution in [1.29, 1.82) is 0 Å². The molecule has 6 heteroatoms. The molecule has 0 aliphatic carbocycles. The molecule has 0 amide bonds. The molecule has 3 rings (SSSR count). The summed E-state index contributed by atoms with van der Waals surface area (Å²) in [7, 11) is 0. The Kier molecular flexibility index (Phi) is 6.04. The standard InChI is InChI=1S/C20H17ClO5/c21-17-4-1-3-16-18(23)13-19(26-20(16)17)14-5-7-15(8-6-14)25-12-11-24-10-2-9-22/h1,3-9,13H,2,10-12H2. The Morgan fingerprint density at radius 1 is 1.04 bits per heavy atom. The first-order valence-corrected chi connectivity index (χ1v) is 8.54. The Hall–Kier alpha value is -2.63. The van der Waals surface area contributed by atoms with Gasteiger partial charge in [0.2, 0.25) is 0 Å². The number of hydrogen-bond donors (Lipinski definition) is 0. The molecule has 0 radical (unpaired) electrons. The molecule has 0 saturated carbocycles. The molecule has 3 aromatic rings. The second-order valence-corrected chi connectivity index (χ2v) is 5.94. The third kappa shape index (κ3) is 4.31. The van der Waals surface area contributed by atoms with Crippen LogP contribution in [0.2, 0.25) is 5.02 Å². The zero-order valence-electron chi connectivity index (χ0n) is 13.9. The van der Waals surface area contributed by atoms with Gasteiger partial charge in [0.05, 0.1) is 23.6 Å². The van der Waals surface area contributed by atoms with Crippen LogP contribution >= 0.6 is 11.6 Å². The lowest BCUT2D eigenvalue weighted by molar-refractivity contribution is -0.108. The van der Waals surface area contributed by atoms with E-state index in [1.807, 2.05) is 12.1 Å². The third-order valence-electron chi connectivity index (χ3n) is 3.72. The average Bonchev–Trinajstić information content (AvgIpc) is 2.66. The van der Waals surface area contributed by atoms with Gasteiger partial charge in [0.25, 0.3) is 0 Å². The average molecular weight is 373 g/mol. The lowest BCUT2D eigenvalue weighted by Gasteiger charge is -2.08. The maximum absolute atomic E-state index is 12.3. The summed E-state index contributed by atoms with van der Waals surface area (Å²) >= 11 is 6.13. The second-order valence-electron chi connectivity index (χ2n) is 5.53. The van der Waals surface area contributed by atoms with Gasteiger partial charge in [0.1, 0.15) is 24.4 Å². The van der Waals surface area contributed by atoms with E-state index in [4.69, 9.17) is 25.5 Å². The van der Waals surface area contributed by atoms with Gasteiger partial charge in [0.15, 0.2) is 11.0 Å². The van der Waals surface area contributed by atoms with Gasteiger partial charge in [-0.1, -0.05) is 17.7 Å². The molecular weight excluding hydrogens is 356 g/mol. The number of aldehydes is 1. The number of ether oxygens (including phenoxy) is 2. The first-order chi connectivity index (χ1) is 12.7. The summed E-state index contributed by atoms with van der Waals surface area (Å²) in [5, 5.41) is 0.853. The zero-order valence-corrected chi connectivity index (χ0v) is 14.7. The first-order valence-electron chi connectivity index (χ1n) is 8.16. The van der Waals surface area contributed by atoms with Crippen LogP contribution in [0.5, 0.6) is 5.75 Å². The predicted molar refractivity (Wildman–Crippen MR) is 99.9 cm³/mol. The molecule has 0 N–H and O–H groups in total. The van der Waals surface area contributed by atoms with Crippen molar-refractivity contribution in [1.82, 2.24) is 0 Å². The number of fused-ring (bicyclic) bond motifs is 1. The fourth-order valence-corrected chi connectivity index (χ4v) is 2.67. The number of hydrogen-bond acceptors (Lipinski definition) is 5. The molecule has 0 saturated heterocycles. The van der Waals surface area contributed by atoms with E-state index in [-0.39, 0.29) is 5.43 Å². The van der Waals surface area contributed by atoms with Gasteiger partial charge in [-0.25, -0.2) is 0 Å². The van der Waals surface area contributed by atoms with Crippen molar-refractivity contribution >= 4 is 28.9 Å². The van der Waals surface area contributed by atoms with Crippen LogP contribution in [-0.4, -0.2) is 26.1 Å². The van der Waals surface area contributed by atoms with Gasteiger partial charge in [-0.2, -0.15) is 0 Å². The van der Waals surface area contributed by atoms with E-state index in [9.17, 15) is 9.59 Å². The van der Waals surface area contributed by atoms with Gasteiger partial charge in [0, 0.05) is 18.1 Å².